The van der Waals surface area contributed by atoms with Gasteiger partial charge >= 0.3 is 0 Å². The summed E-state index contributed by atoms with van der Waals surface area (Å²) in [6.45, 7) is 4.25. The molecule has 0 bridgehead atoms. The highest BCUT2D eigenvalue weighted by Gasteiger charge is 2.04. The fourth-order valence-electron chi connectivity index (χ4n) is 1.96. The zero-order valence-corrected chi connectivity index (χ0v) is 10.8. The molecule has 3 heteroatoms. The van der Waals surface area contributed by atoms with Crippen LogP contribution in [0.4, 0.5) is 0 Å². The van der Waals surface area contributed by atoms with Gasteiger partial charge in [0.25, 0.3) is 5.56 Å². The van der Waals surface area contributed by atoms with Gasteiger partial charge < -0.3 is 4.98 Å². The maximum absolute atomic E-state index is 11.6. The Bertz CT molecular complexity index is 558. The topological polar surface area (TPSA) is 45.8 Å². The first-order valence-electron chi connectivity index (χ1n) is 6.26. The number of hydrogen-bond donors (Lipinski definition) is 1. The maximum atomic E-state index is 11.6. The van der Waals surface area contributed by atoms with Crippen LogP contribution in [0.3, 0.4) is 0 Å². The molecule has 0 spiro atoms. The van der Waals surface area contributed by atoms with Crippen LogP contribution in [-0.4, -0.2) is 9.97 Å². The van der Waals surface area contributed by atoms with Gasteiger partial charge in [-0.25, -0.2) is 4.98 Å². The highest BCUT2D eigenvalue weighted by atomic mass is 16.1. The van der Waals surface area contributed by atoms with Gasteiger partial charge in [0.1, 0.15) is 5.82 Å². The molecule has 0 amide bonds. The molecule has 0 atom stereocenters. The zero-order valence-electron chi connectivity index (χ0n) is 10.8. The van der Waals surface area contributed by atoms with E-state index in [2.05, 4.69) is 23.8 Å². The minimum Gasteiger partial charge on any atom is -0.310 e. The Balaban J connectivity index is 2.23. The van der Waals surface area contributed by atoms with Gasteiger partial charge in [0.05, 0.1) is 0 Å². The summed E-state index contributed by atoms with van der Waals surface area (Å²) in [6.07, 6.45) is 1.51. The Morgan fingerprint density at radius 2 is 1.94 bits per heavy atom. The standard InChI is InChI=1S/C15H18N2O/c1-11(2)8-13-10-15(18)17-14(16-13)9-12-6-4-3-5-7-12/h3-7,10-11H,8-9H2,1-2H3,(H,16,17,18). The Kier molecular flexibility index (Phi) is 3.92. The van der Waals surface area contributed by atoms with E-state index in [-0.39, 0.29) is 5.56 Å². The van der Waals surface area contributed by atoms with E-state index < -0.39 is 0 Å². The number of nitrogens with one attached hydrogen (secondary N) is 1. The molecular weight excluding hydrogens is 224 g/mol. The predicted molar refractivity (Wildman–Crippen MR) is 72.6 cm³/mol. The summed E-state index contributed by atoms with van der Waals surface area (Å²) in [7, 11) is 0. The van der Waals surface area contributed by atoms with Crippen molar-refractivity contribution in [1.29, 1.82) is 0 Å². The van der Waals surface area contributed by atoms with Crippen molar-refractivity contribution in [1.82, 2.24) is 9.97 Å². The molecule has 0 aliphatic rings. The third-order valence-corrected chi connectivity index (χ3v) is 2.68. The molecule has 1 aromatic heterocycles. The first kappa shape index (κ1) is 12.6. The summed E-state index contributed by atoms with van der Waals surface area (Å²) in [5.74, 6) is 1.24. The Labute approximate surface area is 107 Å². The van der Waals surface area contributed by atoms with E-state index >= 15 is 0 Å². The molecule has 1 heterocycles. The highest BCUT2D eigenvalue weighted by Crippen LogP contribution is 2.07. The molecule has 0 radical (unpaired) electrons. The van der Waals surface area contributed by atoms with Crippen LogP contribution in [0.15, 0.2) is 41.2 Å². The number of nitrogens with zero attached hydrogens (tertiary/aromatic N) is 1. The molecule has 2 aromatic rings. The van der Waals surface area contributed by atoms with Gasteiger partial charge in [-0.3, -0.25) is 4.79 Å². The van der Waals surface area contributed by atoms with Crippen LogP contribution >= 0.6 is 0 Å². The van der Waals surface area contributed by atoms with Gasteiger partial charge in [-0.15, -0.1) is 0 Å². The lowest BCUT2D eigenvalue weighted by atomic mass is 10.1. The smallest absolute Gasteiger partial charge is 0.251 e. The molecule has 0 aliphatic heterocycles. The van der Waals surface area contributed by atoms with Crippen molar-refractivity contribution in [2.24, 2.45) is 5.92 Å². The van der Waals surface area contributed by atoms with Crippen LogP contribution in [0.1, 0.15) is 30.9 Å². The van der Waals surface area contributed by atoms with Crippen molar-refractivity contribution in [3.05, 3.63) is 63.8 Å². The minimum atomic E-state index is -0.0634. The second-order valence-electron chi connectivity index (χ2n) is 4.94. The fourth-order valence-corrected chi connectivity index (χ4v) is 1.96. The van der Waals surface area contributed by atoms with Crippen molar-refractivity contribution in [2.45, 2.75) is 26.7 Å². The van der Waals surface area contributed by atoms with Gasteiger partial charge in [0.2, 0.25) is 0 Å². The van der Waals surface area contributed by atoms with Crippen LogP contribution in [0.25, 0.3) is 0 Å². The minimum absolute atomic E-state index is 0.0634. The molecule has 0 aliphatic carbocycles. The molecule has 1 aromatic carbocycles. The van der Waals surface area contributed by atoms with Gasteiger partial charge in [-0.2, -0.15) is 0 Å². The van der Waals surface area contributed by atoms with E-state index in [1.54, 1.807) is 6.07 Å². The molecule has 0 saturated carbocycles. The Hall–Kier alpha value is -1.90. The molecule has 0 fully saturated rings. The van der Waals surface area contributed by atoms with Crippen LogP contribution in [0.5, 0.6) is 0 Å². The van der Waals surface area contributed by atoms with E-state index in [0.29, 0.717) is 12.3 Å². The summed E-state index contributed by atoms with van der Waals surface area (Å²) in [4.78, 5) is 18.9. The molecule has 1 N–H and O–H groups in total. The lowest BCUT2D eigenvalue weighted by molar-refractivity contribution is 0.630. The second kappa shape index (κ2) is 5.63. The first-order valence-corrected chi connectivity index (χ1v) is 6.26. The third-order valence-electron chi connectivity index (χ3n) is 2.68. The average Bonchev–Trinajstić information content (AvgIpc) is 2.28. The van der Waals surface area contributed by atoms with Crippen LogP contribution in [0.2, 0.25) is 0 Å². The first-order chi connectivity index (χ1) is 8.63. The van der Waals surface area contributed by atoms with Gasteiger partial charge in [-0.1, -0.05) is 44.2 Å². The highest BCUT2D eigenvalue weighted by molar-refractivity contribution is 5.19. The normalized spacial score (nSPS) is 10.8. The van der Waals surface area contributed by atoms with Crippen LogP contribution in [-0.2, 0) is 12.8 Å². The SMILES string of the molecule is CC(C)Cc1cc(=O)[nH]c(Cc2ccccc2)n1. The number of rotatable bonds is 4. The monoisotopic (exact) mass is 242 g/mol. The molecular formula is C15H18N2O. The van der Waals surface area contributed by atoms with Crippen LogP contribution < -0.4 is 5.56 Å². The van der Waals surface area contributed by atoms with Crippen molar-refractivity contribution in [2.75, 3.05) is 0 Å². The van der Waals surface area contributed by atoms with Crippen molar-refractivity contribution < 1.29 is 0 Å². The quantitative estimate of drug-likeness (QED) is 0.895. The molecule has 3 nitrogen and oxygen atoms in total. The van der Waals surface area contributed by atoms with Crippen molar-refractivity contribution in [3.63, 3.8) is 0 Å². The fraction of sp³-hybridized carbons (Fsp3) is 0.333. The third kappa shape index (κ3) is 3.55. The van der Waals surface area contributed by atoms with E-state index in [0.717, 1.165) is 23.5 Å². The summed E-state index contributed by atoms with van der Waals surface area (Å²) in [5.41, 5.74) is 1.97. The molecule has 0 saturated heterocycles. The van der Waals surface area contributed by atoms with Crippen molar-refractivity contribution in [3.8, 4) is 0 Å². The number of H-pyrrole nitrogens is 1. The molecule has 94 valence electrons. The van der Waals surface area contributed by atoms with E-state index in [1.807, 2.05) is 30.3 Å². The van der Waals surface area contributed by atoms with Gasteiger partial charge in [0.15, 0.2) is 0 Å². The summed E-state index contributed by atoms with van der Waals surface area (Å²) in [5, 5.41) is 0. The predicted octanol–water partition coefficient (Wildman–Crippen LogP) is 2.56. The van der Waals surface area contributed by atoms with Gasteiger partial charge in [-0.05, 0) is 17.9 Å². The lowest BCUT2D eigenvalue weighted by Gasteiger charge is -2.06. The number of benzene rings is 1. The molecule has 2 rings (SSSR count). The largest absolute Gasteiger partial charge is 0.310 e. The van der Waals surface area contributed by atoms with Crippen LogP contribution in [0, 0.1) is 5.92 Å². The van der Waals surface area contributed by atoms with E-state index in [4.69, 9.17) is 0 Å². The number of hydrogen-bond acceptors (Lipinski definition) is 2. The van der Waals surface area contributed by atoms with Gasteiger partial charge in [0, 0.05) is 18.2 Å². The van der Waals surface area contributed by atoms with E-state index in [9.17, 15) is 4.79 Å². The summed E-state index contributed by atoms with van der Waals surface area (Å²) < 4.78 is 0. The average molecular weight is 242 g/mol. The van der Waals surface area contributed by atoms with Crippen molar-refractivity contribution >= 4 is 0 Å². The summed E-state index contributed by atoms with van der Waals surface area (Å²) in [6, 6.07) is 11.6. The lowest BCUT2D eigenvalue weighted by Crippen LogP contribution is -2.14. The van der Waals surface area contributed by atoms with E-state index in [1.165, 1.54) is 0 Å². The zero-order chi connectivity index (χ0) is 13.0. The maximum Gasteiger partial charge on any atom is 0.251 e. The Morgan fingerprint density at radius 1 is 1.22 bits per heavy atom. The number of aromatic amines is 1. The Morgan fingerprint density at radius 3 is 2.61 bits per heavy atom. The summed E-state index contributed by atoms with van der Waals surface area (Å²) >= 11 is 0. The number of aromatic nitrogens is 2. The molecule has 0 unspecified atom stereocenters. The molecule has 18 heavy (non-hydrogen) atoms. The second-order valence-corrected chi connectivity index (χ2v) is 4.94.